The number of hydrogen-bond acceptors (Lipinski definition) is 4. The molecule has 114 valence electrons. The van der Waals surface area contributed by atoms with Gasteiger partial charge in [-0.2, -0.15) is 0 Å². The summed E-state index contributed by atoms with van der Waals surface area (Å²) in [4.78, 5) is 23.5. The van der Waals surface area contributed by atoms with Gasteiger partial charge in [0.2, 0.25) is 0 Å². The SMILES string of the molecule is CC(=O)C1(CCCO[Si](C)(C)C(C)(C)C)C=COC1=O. The maximum absolute atomic E-state index is 11.8. The fourth-order valence-electron chi connectivity index (χ4n) is 1.90. The van der Waals surface area contributed by atoms with Gasteiger partial charge in [0.05, 0.1) is 6.26 Å². The van der Waals surface area contributed by atoms with Crippen LogP contribution in [0.25, 0.3) is 0 Å². The summed E-state index contributed by atoms with van der Waals surface area (Å²) in [5.74, 6) is -0.624. The average molecular weight is 298 g/mol. The highest BCUT2D eigenvalue weighted by Crippen LogP contribution is 2.37. The molecule has 0 saturated heterocycles. The van der Waals surface area contributed by atoms with Crippen LogP contribution >= 0.6 is 0 Å². The lowest BCUT2D eigenvalue weighted by atomic mass is 9.81. The number of cyclic esters (lactones) is 1. The number of ether oxygens (including phenoxy) is 1. The third kappa shape index (κ3) is 3.38. The summed E-state index contributed by atoms with van der Waals surface area (Å²) in [7, 11) is -1.77. The van der Waals surface area contributed by atoms with Gasteiger partial charge in [-0.3, -0.25) is 9.59 Å². The molecule has 0 saturated carbocycles. The molecule has 1 unspecified atom stereocenters. The highest BCUT2D eigenvalue weighted by atomic mass is 28.4. The predicted octanol–water partition coefficient (Wildman–Crippen LogP) is 3.43. The van der Waals surface area contributed by atoms with Crippen molar-refractivity contribution in [3.05, 3.63) is 12.3 Å². The largest absolute Gasteiger partial charge is 0.434 e. The molecule has 0 N–H and O–H groups in total. The molecule has 0 aromatic carbocycles. The molecule has 1 heterocycles. The molecule has 1 aliphatic heterocycles. The molecule has 0 fully saturated rings. The van der Waals surface area contributed by atoms with E-state index in [0.717, 1.165) is 0 Å². The first kappa shape index (κ1) is 17.1. The highest BCUT2D eigenvalue weighted by molar-refractivity contribution is 6.74. The first-order valence-electron chi connectivity index (χ1n) is 7.07. The van der Waals surface area contributed by atoms with Crippen LogP contribution in [-0.2, 0) is 18.8 Å². The maximum Gasteiger partial charge on any atom is 0.328 e. The maximum atomic E-state index is 11.8. The minimum atomic E-state index is -1.77. The van der Waals surface area contributed by atoms with E-state index in [-0.39, 0.29) is 10.8 Å². The third-order valence-corrected chi connectivity index (χ3v) is 9.04. The van der Waals surface area contributed by atoms with E-state index in [1.807, 2.05) is 0 Å². The topological polar surface area (TPSA) is 52.6 Å². The van der Waals surface area contributed by atoms with Crippen molar-refractivity contribution >= 4 is 20.1 Å². The van der Waals surface area contributed by atoms with Gasteiger partial charge in [0.1, 0.15) is 5.41 Å². The van der Waals surface area contributed by atoms with Gasteiger partial charge < -0.3 is 9.16 Å². The molecule has 4 nitrogen and oxygen atoms in total. The lowest BCUT2D eigenvalue weighted by Gasteiger charge is -2.36. The Morgan fingerprint density at radius 3 is 2.40 bits per heavy atom. The smallest absolute Gasteiger partial charge is 0.328 e. The van der Waals surface area contributed by atoms with Crippen LogP contribution in [0.3, 0.4) is 0 Å². The van der Waals surface area contributed by atoms with Crippen molar-refractivity contribution in [1.29, 1.82) is 0 Å². The Kier molecular flexibility index (Phi) is 4.97. The number of rotatable bonds is 6. The standard InChI is InChI=1S/C15H26O4Si/c1-12(16)15(9-11-18-13(15)17)8-7-10-19-20(5,6)14(2,3)4/h9,11H,7-8,10H2,1-6H3. The number of carbonyl (C=O) groups excluding carboxylic acids is 2. The zero-order valence-electron chi connectivity index (χ0n) is 13.4. The zero-order chi connectivity index (χ0) is 15.6. The van der Waals surface area contributed by atoms with E-state index in [2.05, 4.69) is 33.9 Å². The van der Waals surface area contributed by atoms with Crippen LogP contribution in [0, 0.1) is 5.41 Å². The van der Waals surface area contributed by atoms with Gasteiger partial charge in [-0.15, -0.1) is 0 Å². The summed E-state index contributed by atoms with van der Waals surface area (Å²) >= 11 is 0. The molecule has 0 radical (unpaired) electrons. The minimum absolute atomic E-state index is 0.163. The summed E-state index contributed by atoms with van der Waals surface area (Å²) in [5, 5.41) is 0.164. The van der Waals surface area contributed by atoms with Crippen LogP contribution in [0.2, 0.25) is 18.1 Å². The van der Waals surface area contributed by atoms with Crippen LogP contribution in [0.4, 0.5) is 0 Å². The van der Waals surface area contributed by atoms with E-state index in [4.69, 9.17) is 9.16 Å². The van der Waals surface area contributed by atoms with Crippen molar-refractivity contribution in [2.75, 3.05) is 6.61 Å². The minimum Gasteiger partial charge on any atom is -0.434 e. The van der Waals surface area contributed by atoms with Crippen molar-refractivity contribution in [2.45, 2.75) is 58.7 Å². The second-order valence-electron chi connectivity index (χ2n) is 6.95. The summed E-state index contributed by atoms with van der Waals surface area (Å²) in [6.45, 7) is 13.0. The molecule has 20 heavy (non-hydrogen) atoms. The summed E-state index contributed by atoms with van der Waals surface area (Å²) in [6.07, 6.45) is 4.01. The lowest BCUT2D eigenvalue weighted by Crippen LogP contribution is -2.41. The fraction of sp³-hybridized carbons (Fsp3) is 0.733. The Balaban J connectivity index is 2.54. The zero-order valence-corrected chi connectivity index (χ0v) is 14.4. The fourth-order valence-corrected chi connectivity index (χ4v) is 2.99. The molecule has 5 heteroatoms. The first-order chi connectivity index (χ1) is 9.03. The van der Waals surface area contributed by atoms with Crippen LogP contribution in [-0.4, -0.2) is 26.7 Å². The van der Waals surface area contributed by atoms with Gasteiger partial charge >= 0.3 is 5.97 Å². The number of esters is 1. The van der Waals surface area contributed by atoms with Crippen molar-refractivity contribution in [1.82, 2.24) is 0 Å². The van der Waals surface area contributed by atoms with E-state index in [0.29, 0.717) is 19.4 Å². The van der Waals surface area contributed by atoms with Crippen molar-refractivity contribution < 1.29 is 18.8 Å². The van der Waals surface area contributed by atoms with Gasteiger partial charge in [0.25, 0.3) is 0 Å². The monoisotopic (exact) mass is 298 g/mol. The molecule has 0 amide bonds. The molecule has 0 spiro atoms. The van der Waals surface area contributed by atoms with Crippen LogP contribution in [0.5, 0.6) is 0 Å². The Labute approximate surface area is 122 Å². The molecular formula is C15H26O4Si. The van der Waals surface area contributed by atoms with Gasteiger partial charge in [0, 0.05) is 6.61 Å². The summed E-state index contributed by atoms with van der Waals surface area (Å²) in [6, 6.07) is 0. The quantitative estimate of drug-likeness (QED) is 0.326. The molecule has 0 aliphatic carbocycles. The van der Waals surface area contributed by atoms with Gasteiger partial charge in [0.15, 0.2) is 14.1 Å². The number of hydrogen-bond donors (Lipinski definition) is 0. The normalized spacial score (nSPS) is 23.0. The first-order valence-corrected chi connectivity index (χ1v) is 9.97. The Morgan fingerprint density at radius 1 is 1.40 bits per heavy atom. The van der Waals surface area contributed by atoms with E-state index >= 15 is 0 Å². The molecule has 1 rings (SSSR count). The Hall–Kier alpha value is -0.943. The summed E-state index contributed by atoms with van der Waals surface area (Å²) < 4.78 is 10.9. The number of Topliss-reactive ketones (excluding diaryl/α,β-unsaturated/α-hetero) is 1. The van der Waals surface area contributed by atoms with E-state index in [9.17, 15) is 9.59 Å². The van der Waals surface area contributed by atoms with Crippen LogP contribution in [0.15, 0.2) is 12.3 Å². The molecule has 1 atom stereocenters. The Bertz CT molecular complexity index is 420. The van der Waals surface area contributed by atoms with Crippen LogP contribution < -0.4 is 0 Å². The van der Waals surface area contributed by atoms with E-state index in [1.165, 1.54) is 13.2 Å². The molecule has 0 aromatic rings. The molecule has 1 aliphatic rings. The number of carbonyl (C=O) groups is 2. The highest BCUT2D eigenvalue weighted by Gasteiger charge is 2.45. The van der Waals surface area contributed by atoms with Crippen molar-refractivity contribution in [2.24, 2.45) is 5.41 Å². The molecule has 0 aromatic heterocycles. The van der Waals surface area contributed by atoms with Gasteiger partial charge in [-0.1, -0.05) is 20.8 Å². The molecular weight excluding hydrogens is 272 g/mol. The molecule has 0 bridgehead atoms. The van der Waals surface area contributed by atoms with Gasteiger partial charge in [-0.25, -0.2) is 0 Å². The third-order valence-electron chi connectivity index (χ3n) is 4.50. The second kappa shape index (κ2) is 5.82. The summed E-state index contributed by atoms with van der Waals surface area (Å²) in [5.41, 5.74) is -1.09. The van der Waals surface area contributed by atoms with Gasteiger partial charge in [-0.05, 0) is 44.0 Å². The van der Waals surface area contributed by atoms with Crippen molar-refractivity contribution in [3.8, 4) is 0 Å². The van der Waals surface area contributed by atoms with E-state index in [1.54, 1.807) is 6.08 Å². The predicted molar refractivity (Wildman–Crippen MR) is 80.7 cm³/mol. The van der Waals surface area contributed by atoms with Crippen molar-refractivity contribution in [3.63, 3.8) is 0 Å². The Morgan fingerprint density at radius 2 is 2.00 bits per heavy atom. The number of ketones is 1. The van der Waals surface area contributed by atoms with Crippen LogP contribution in [0.1, 0.15) is 40.5 Å². The second-order valence-corrected chi connectivity index (χ2v) is 11.8. The lowest BCUT2D eigenvalue weighted by molar-refractivity contribution is -0.149. The average Bonchev–Trinajstić information content (AvgIpc) is 2.66. The van der Waals surface area contributed by atoms with E-state index < -0.39 is 19.7 Å².